The van der Waals surface area contributed by atoms with Gasteiger partial charge < -0.3 is 4.74 Å². The second kappa shape index (κ2) is 5.38. The Morgan fingerprint density at radius 3 is 2.59 bits per heavy atom. The van der Waals surface area contributed by atoms with Crippen molar-refractivity contribution in [1.82, 2.24) is 4.90 Å². The highest BCUT2D eigenvalue weighted by Gasteiger charge is 2.38. The number of esters is 1. The molecule has 1 aliphatic rings. The van der Waals surface area contributed by atoms with Gasteiger partial charge in [-0.15, -0.1) is 0 Å². The van der Waals surface area contributed by atoms with Gasteiger partial charge in [-0.1, -0.05) is 13.8 Å². The second-order valence-corrected chi connectivity index (χ2v) is 6.08. The van der Waals surface area contributed by atoms with Gasteiger partial charge in [-0.3, -0.25) is 9.69 Å². The fraction of sp³-hybridized carbons (Fsp3) is 0.929. The van der Waals surface area contributed by atoms with Gasteiger partial charge in [0.05, 0.1) is 5.92 Å². The number of likely N-dealkylation sites (tertiary alicyclic amines) is 1. The maximum atomic E-state index is 11.8. The summed E-state index contributed by atoms with van der Waals surface area (Å²) in [5, 5.41) is 0. The molecule has 0 saturated carbocycles. The molecule has 3 nitrogen and oxygen atoms in total. The van der Waals surface area contributed by atoms with Crippen molar-refractivity contribution in [2.75, 3.05) is 7.05 Å². The zero-order valence-corrected chi connectivity index (χ0v) is 12.1. The van der Waals surface area contributed by atoms with Crippen LogP contribution < -0.4 is 0 Å². The van der Waals surface area contributed by atoms with E-state index < -0.39 is 0 Å². The summed E-state index contributed by atoms with van der Waals surface area (Å²) >= 11 is 0. The monoisotopic (exact) mass is 241 g/mol. The van der Waals surface area contributed by atoms with Crippen molar-refractivity contribution in [3.05, 3.63) is 0 Å². The lowest BCUT2D eigenvalue weighted by atomic mass is 9.85. The van der Waals surface area contributed by atoms with Crippen LogP contribution in [-0.4, -0.2) is 35.6 Å². The van der Waals surface area contributed by atoms with Gasteiger partial charge in [0.25, 0.3) is 0 Å². The van der Waals surface area contributed by atoms with Crippen LogP contribution in [0, 0.1) is 5.92 Å². The normalized spacial score (nSPS) is 30.9. The van der Waals surface area contributed by atoms with Crippen molar-refractivity contribution in [3.63, 3.8) is 0 Å². The van der Waals surface area contributed by atoms with Gasteiger partial charge in [-0.25, -0.2) is 0 Å². The fourth-order valence-electron chi connectivity index (χ4n) is 2.46. The molecule has 1 rings (SSSR count). The van der Waals surface area contributed by atoms with E-state index in [0.717, 1.165) is 19.3 Å². The Morgan fingerprint density at radius 1 is 1.53 bits per heavy atom. The van der Waals surface area contributed by atoms with Gasteiger partial charge >= 0.3 is 5.97 Å². The highest BCUT2D eigenvalue weighted by Crippen LogP contribution is 2.32. The molecule has 1 saturated heterocycles. The quantitative estimate of drug-likeness (QED) is 0.712. The molecule has 0 radical (unpaired) electrons. The molecule has 0 aliphatic carbocycles. The maximum absolute atomic E-state index is 11.8. The second-order valence-electron chi connectivity index (χ2n) is 6.08. The van der Waals surface area contributed by atoms with Gasteiger partial charge in [0.15, 0.2) is 0 Å². The minimum Gasteiger partial charge on any atom is -0.462 e. The van der Waals surface area contributed by atoms with Crippen LogP contribution in [0.2, 0.25) is 0 Å². The van der Waals surface area contributed by atoms with Crippen LogP contribution in [0.1, 0.15) is 53.9 Å². The maximum Gasteiger partial charge on any atom is 0.308 e. The topological polar surface area (TPSA) is 29.5 Å². The molecule has 0 bridgehead atoms. The molecule has 0 spiro atoms. The Morgan fingerprint density at radius 2 is 2.12 bits per heavy atom. The van der Waals surface area contributed by atoms with E-state index in [1.54, 1.807) is 0 Å². The Kier molecular flexibility index (Phi) is 4.59. The average Bonchev–Trinajstić information content (AvgIpc) is 2.24. The molecular formula is C14H27NO2. The third kappa shape index (κ3) is 3.44. The van der Waals surface area contributed by atoms with Crippen LogP contribution >= 0.6 is 0 Å². The van der Waals surface area contributed by atoms with Gasteiger partial charge in [0, 0.05) is 18.0 Å². The molecule has 3 unspecified atom stereocenters. The zero-order valence-electron chi connectivity index (χ0n) is 12.1. The predicted molar refractivity (Wildman–Crippen MR) is 69.9 cm³/mol. The van der Waals surface area contributed by atoms with Gasteiger partial charge in [-0.2, -0.15) is 0 Å². The Hall–Kier alpha value is -0.570. The van der Waals surface area contributed by atoms with E-state index in [2.05, 4.69) is 32.7 Å². The molecule has 0 aromatic rings. The summed E-state index contributed by atoms with van der Waals surface area (Å²) in [6.45, 7) is 10.6. The van der Waals surface area contributed by atoms with E-state index in [4.69, 9.17) is 4.74 Å². The summed E-state index contributed by atoms with van der Waals surface area (Å²) in [4.78, 5) is 14.2. The summed E-state index contributed by atoms with van der Waals surface area (Å²) in [5.74, 6) is -0.0156. The van der Waals surface area contributed by atoms with Crippen LogP contribution in [0.3, 0.4) is 0 Å². The number of hydrogen-bond acceptors (Lipinski definition) is 3. The van der Waals surface area contributed by atoms with E-state index in [1.807, 2.05) is 13.8 Å². The molecule has 0 aromatic heterocycles. The molecule has 17 heavy (non-hydrogen) atoms. The van der Waals surface area contributed by atoms with Crippen molar-refractivity contribution in [2.45, 2.75) is 71.6 Å². The first-order valence-electron chi connectivity index (χ1n) is 6.71. The number of carbonyl (C=O) groups excluding carboxylic acids is 1. The van der Waals surface area contributed by atoms with E-state index in [1.165, 1.54) is 0 Å². The van der Waals surface area contributed by atoms with Crippen LogP contribution in [0.25, 0.3) is 0 Å². The molecule has 3 atom stereocenters. The molecular weight excluding hydrogens is 214 g/mol. The summed E-state index contributed by atoms with van der Waals surface area (Å²) in [6, 6.07) is 0.466. The average molecular weight is 241 g/mol. The van der Waals surface area contributed by atoms with Crippen LogP contribution in [0.5, 0.6) is 0 Å². The lowest BCUT2D eigenvalue weighted by Gasteiger charge is -2.47. The standard InChI is InChI=1S/C14H27NO2/c1-7-10(2)13(16)17-12-8-11(3)15(6)14(4,5)9-12/h10-12H,7-9H2,1-6H3. The minimum atomic E-state index is -0.0370. The molecule has 0 N–H and O–H groups in total. The SMILES string of the molecule is CCC(C)C(=O)OC1CC(C)N(C)C(C)(C)C1. The Labute approximate surface area is 106 Å². The molecule has 1 heterocycles. The Balaban J connectivity index is 2.60. The third-order valence-electron chi connectivity index (χ3n) is 4.24. The largest absolute Gasteiger partial charge is 0.462 e. The fourth-order valence-corrected chi connectivity index (χ4v) is 2.46. The number of rotatable bonds is 3. The zero-order chi connectivity index (χ0) is 13.2. The first-order valence-corrected chi connectivity index (χ1v) is 6.71. The van der Waals surface area contributed by atoms with Crippen LogP contribution in [-0.2, 0) is 9.53 Å². The van der Waals surface area contributed by atoms with Crippen molar-refractivity contribution in [3.8, 4) is 0 Å². The van der Waals surface area contributed by atoms with Crippen molar-refractivity contribution < 1.29 is 9.53 Å². The van der Waals surface area contributed by atoms with Crippen LogP contribution in [0.15, 0.2) is 0 Å². The van der Waals surface area contributed by atoms with Crippen molar-refractivity contribution >= 4 is 5.97 Å². The molecule has 0 amide bonds. The van der Waals surface area contributed by atoms with E-state index in [9.17, 15) is 4.79 Å². The summed E-state index contributed by atoms with van der Waals surface area (Å²) < 4.78 is 5.63. The summed E-state index contributed by atoms with van der Waals surface area (Å²) in [5.41, 5.74) is 0.109. The van der Waals surface area contributed by atoms with Gasteiger partial charge in [0.2, 0.25) is 0 Å². The van der Waals surface area contributed by atoms with Gasteiger partial charge in [-0.05, 0) is 40.7 Å². The van der Waals surface area contributed by atoms with Crippen molar-refractivity contribution in [1.29, 1.82) is 0 Å². The number of piperidine rings is 1. The van der Waals surface area contributed by atoms with E-state index in [-0.39, 0.29) is 23.5 Å². The highest BCUT2D eigenvalue weighted by atomic mass is 16.5. The molecule has 3 heteroatoms. The highest BCUT2D eigenvalue weighted by molar-refractivity contribution is 5.72. The number of nitrogens with zero attached hydrogens (tertiary/aromatic N) is 1. The van der Waals surface area contributed by atoms with E-state index in [0.29, 0.717) is 6.04 Å². The third-order valence-corrected chi connectivity index (χ3v) is 4.24. The predicted octanol–water partition coefficient (Wildman–Crippen LogP) is 2.84. The first kappa shape index (κ1) is 14.5. The first-order chi connectivity index (χ1) is 7.77. The van der Waals surface area contributed by atoms with Crippen molar-refractivity contribution in [2.24, 2.45) is 5.92 Å². The summed E-state index contributed by atoms with van der Waals surface area (Å²) in [7, 11) is 2.15. The summed E-state index contributed by atoms with van der Waals surface area (Å²) in [6.07, 6.45) is 2.81. The lowest BCUT2D eigenvalue weighted by Crippen LogP contribution is -2.54. The van der Waals surface area contributed by atoms with Gasteiger partial charge in [0.1, 0.15) is 6.10 Å². The molecule has 100 valence electrons. The minimum absolute atomic E-state index is 0.0214. The molecule has 0 aromatic carbocycles. The molecule has 1 fully saturated rings. The van der Waals surface area contributed by atoms with E-state index >= 15 is 0 Å². The number of carbonyl (C=O) groups is 1. The smallest absolute Gasteiger partial charge is 0.308 e. The molecule has 1 aliphatic heterocycles. The number of hydrogen-bond donors (Lipinski definition) is 0. The Bertz CT molecular complexity index is 275. The lowest BCUT2D eigenvalue weighted by molar-refractivity contribution is -0.159. The van der Waals surface area contributed by atoms with Crippen LogP contribution in [0.4, 0.5) is 0 Å². The number of ether oxygens (including phenoxy) is 1.